The molecule has 0 radical (unpaired) electrons. The van der Waals surface area contributed by atoms with E-state index in [2.05, 4.69) is 27.7 Å². The van der Waals surface area contributed by atoms with Crippen LogP contribution >= 0.6 is 0 Å². The summed E-state index contributed by atoms with van der Waals surface area (Å²) in [5.41, 5.74) is 0. The quantitative estimate of drug-likeness (QED) is 0.277. The molecule has 0 unspecified atom stereocenters. The summed E-state index contributed by atoms with van der Waals surface area (Å²) in [7, 11) is 0. The maximum atomic E-state index is 8.86. The zero-order valence-electron chi connectivity index (χ0n) is 16.8. The molecule has 140 valence electrons. The van der Waals surface area contributed by atoms with Gasteiger partial charge in [0.25, 0.3) is 0 Å². The molecule has 0 amide bonds. The van der Waals surface area contributed by atoms with E-state index >= 15 is 0 Å². The Bertz CT molecular complexity index is 226. The van der Waals surface area contributed by atoms with Gasteiger partial charge in [0, 0.05) is 6.61 Å². The van der Waals surface area contributed by atoms with Crippen molar-refractivity contribution in [3.8, 4) is 0 Å². The van der Waals surface area contributed by atoms with Gasteiger partial charge in [-0.15, -0.1) is 0 Å². The van der Waals surface area contributed by atoms with Gasteiger partial charge in [-0.05, 0) is 30.6 Å². The summed E-state index contributed by atoms with van der Waals surface area (Å²) in [6.45, 7) is 9.88. The smallest absolute Gasteiger partial charge is 0.0431 e. The van der Waals surface area contributed by atoms with Crippen molar-refractivity contribution in [1.29, 1.82) is 0 Å². The van der Waals surface area contributed by atoms with E-state index in [0.717, 1.165) is 24.2 Å². The lowest BCUT2D eigenvalue weighted by atomic mass is 9.91. The molecule has 0 rings (SSSR count). The van der Waals surface area contributed by atoms with Crippen LogP contribution in [0.2, 0.25) is 0 Å². The van der Waals surface area contributed by atoms with Gasteiger partial charge >= 0.3 is 0 Å². The molecule has 0 aliphatic carbocycles. The van der Waals surface area contributed by atoms with Crippen LogP contribution < -0.4 is 0 Å². The Labute approximate surface area is 147 Å². The summed E-state index contributed by atoms with van der Waals surface area (Å²) in [5.74, 6) is 2.63. The Kier molecular flexibility index (Phi) is 16.8. The number of aliphatic hydroxyl groups is 1. The van der Waals surface area contributed by atoms with Crippen molar-refractivity contribution in [1.82, 2.24) is 0 Å². The SMILES string of the molecule is CCCCCCC[C@H](C)CCC[C@H](C)CCC[C@@H](C)CCCO. The van der Waals surface area contributed by atoms with Crippen LogP contribution in [0.15, 0.2) is 0 Å². The minimum absolute atomic E-state index is 0.359. The Hall–Kier alpha value is -0.0400. The molecule has 0 bridgehead atoms. The molecule has 0 aliphatic heterocycles. The van der Waals surface area contributed by atoms with Gasteiger partial charge in [0.15, 0.2) is 0 Å². The highest BCUT2D eigenvalue weighted by atomic mass is 16.2. The molecule has 3 atom stereocenters. The summed E-state index contributed by atoms with van der Waals surface area (Å²) in [5, 5.41) is 8.86. The second kappa shape index (κ2) is 16.8. The molecule has 0 spiro atoms. The monoisotopic (exact) mass is 326 g/mol. The zero-order chi connectivity index (χ0) is 17.3. The molecule has 23 heavy (non-hydrogen) atoms. The Balaban J connectivity index is 3.42. The van der Waals surface area contributed by atoms with Crippen molar-refractivity contribution in [3.05, 3.63) is 0 Å². The highest BCUT2D eigenvalue weighted by Gasteiger charge is 2.07. The van der Waals surface area contributed by atoms with Crippen LogP contribution in [-0.2, 0) is 0 Å². The van der Waals surface area contributed by atoms with E-state index in [0.29, 0.717) is 6.61 Å². The van der Waals surface area contributed by atoms with Gasteiger partial charge in [-0.1, -0.05) is 105 Å². The third-order valence-corrected chi connectivity index (χ3v) is 5.44. The van der Waals surface area contributed by atoms with Gasteiger partial charge in [0.1, 0.15) is 0 Å². The van der Waals surface area contributed by atoms with Crippen molar-refractivity contribution < 1.29 is 5.11 Å². The Morgan fingerprint density at radius 2 is 0.913 bits per heavy atom. The van der Waals surface area contributed by atoms with Gasteiger partial charge in [-0.25, -0.2) is 0 Å². The molecule has 0 aromatic heterocycles. The second-order valence-electron chi connectivity index (χ2n) is 8.25. The van der Waals surface area contributed by atoms with E-state index in [1.807, 2.05) is 0 Å². The summed E-state index contributed by atoms with van der Waals surface area (Å²) in [4.78, 5) is 0. The molecule has 0 fully saturated rings. The first kappa shape index (κ1) is 23.0. The fourth-order valence-electron chi connectivity index (χ4n) is 3.60. The van der Waals surface area contributed by atoms with Crippen LogP contribution in [0.4, 0.5) is 0 Å². The first-order valence-electron chi connectivity index (χ1n) is 10.7. The number of hydrogen-bond donors (Lipinski definition) is 1. The third-order valence-electron chi connectivity index (χ3n) is 5.44. The molecule has 0 heterocycles. The lowest BCUT2D eigenvalue weighted by Crippen LogP contribution is -2.01. The van der Waals surface area contributed by atoms with E-state index in [1.54, 1.807) is 0 Å². The van der Waals surface area contributed by atoms with Gasteiger partial charge < -0.3 is 5.11 Å². The molecule has 1 nitrogen and oxygen atoms in total. The standard InChI is InChI=1S/C22H46O/c1-5-6-7-8-9-13-20(2)14-10-15-21(3)16-11-17-22(4)18-12-19-23/h20-23H,5-19H2,1-4H3/t20-,21-,22+/m0/s1. The maximum absolute atomic E-state index is 8.86. The van der Waals surface area contributed by atoms with Gasteiger partial charge in [0.2, 0.25) is 0 Å². The minimum Gasteiger partial charge on any atom is -0.396 e. The predicted octanol–water partition coefficient (Wildman–Crippen LogP) is 7.37. The van der Waals surface area contributed by atoms with Crippen LogP contribution in [0.1, 0.15) is 118 Å². The van der Waals surface area contributed by atoms with E-state index in [4.69, 9.17) is 5.11 Å². The summed E-state index contributed by atoms with van der Waals surface area (Å²) >= 11 is 0. The molecule has 0 saturated carbocycles. The Morgan fingerprint density at radius 1 is 0.522 bits per heavy atom. The molecule has 1 heteroatoms. The fraction of sp³-hybridized carbons (Fsp3) is 1.00. The van der Waals surface area contributed by atoms with Gasteiger partial charge in [-0.2, -0.15) is 0 Å². The summed E-state index contributed by atoms with van der Waals surface area (Å²) < 4.78 is 0. The van der Waals surface area contributed by atoms with Crippen LogP contribution in [0.5, 0.6) is 0 Å². The highest BCUT2D eigenvalue weighted by molar-refractivity contribution is 4.60. The van der Waals surface area contributed by atoms with E-state index < -0.39 is 0 Å². The van der Waals surface area contributed by atoms with E-state index in [1.165, 1.54) is 83.5 Å². The molecular formula is C22H46O. The lowest BCUT2D eigenvalue weighted by molar-refractivity contribution is 0.269. The highest BCUT2D eigenvalue weighted by Crippen LogP contribution is 2.22. The summed E-state index contributed by atoms with van der Waals surface area (Å²) in [6.07, 6.45) is 19.1. The van der Waals surface area contributed by atoms with Crippen molar-refractivity contribution in [2.75, 3.05) is 6.61 Å². The van der Waals surface area contributed by atoms with Crippen LogP contribution in [0, 0.1) is 17.8 Å². The molecule has 0 aliphatic rings. The fourth-order valence-corrected chi connectivity index (χ4v) is 3.60. The number of aliphatic hydroxyl groups excluding tert-OH is 1. The topological polar surface area (TPSA) is 20.2 Å². The molecule has 1 N–H and O–H groups in total. The van der Waals surface area contributed by atoms with Gasteiger partial charge in [0.05, 0.1) is 0 Å². The summed E-state index contributed by atoms with van der Waals surface area (Å²) in [6, 6.07) is 0. The first-order chi connectivity index (χ1) is 11.1. The Morgan fingerprint density at radius 3 is 1.35 bits per heavy atom. The van der Waals surface area contributed by atoms with Crippen LogP contribution in [0.3, 0.4) is 0 Å². The lowest BCUT2D eigenvalue weighted by Gasteiger charge is -2.16. The molecular weight excluding hydrogens is 280 g/mol. The molecule has 0 aromatic carbocycles. The van der Waals surface area contributed by atoms with E-state index in [9.17, 15) is 0 Å². The molecule has 0 saturated heterocycles. The average molecular weight is 327 g/mol. The first-order valence-corrected chi connectivity index (χ1v) is 10.7. The van der Waals surface area contributed by atoms with Crippen molar-refractivity contribution in [2.24, 2.45) is 17.8 Å². The third kappa shape index (κ3) is 16.6. The maximum Gasteiger partial charge on any atom is 0.0431 e. The van der Waals surface area contributed by atoms with Crippen molar-refractivity contribution >= 4 is 0 Å². The van der Waals surface area contributed by atoms with Crippen LogP contribution in [0.25, 0.3) is 0 Å². The van der Waals surface area contributed by atoms with Gasteiger partial charge in [-0.3, -0.25) is 0 Å². The van der Waals surface area contributed by atoms with E-state index in [-0.39, 0.29) is 0 Å². The normalized spacial score (nSPS) is 15.5. The predicted molar refractivity (Wildman–Crippen MR) is 105 cm³/mol. The number of rotatable bonds is 17. The average Bonchev–Trinajstić information content (AvgIpc) is 2.52. The number of unbranched alkanes of at least 4 members (excludes halogenated alkanes) is 4. The van der Waals surface area contributed by atoms with Crippen molar-refractivity contribution in [3.63, 3.8) is 0 Å². The molecule has 0 aromatic rings. The largest absolute Gasteiger partial charge is 0.396 e. The second-order valence-corrected chi connectivity index (χ2v) is 8.25. The van der Waals surface area contributed by atoms with Crippen LogP contribution in [-0.4, -0.2) is 11.7 Å². The minimum atomic E-state index is 0.359. The number of hydrogen-bond acceptors (Lipinski definition) is 1. The van der Waals surface area contributed by atoms with Crippen molar-refractivity contribution in [2.45, 2.75) is 118 Å². The zero-order valence-corrected chi connectivity index (χ0v) is 16.8.